The van der Waals surface area contributed by atoms with E-state index in [-0.39, 0.29) is 23.9 Å². The highest BCUT2D eigenvalue weighted by Gasteiger charge is 2.16. The van der Waals surface area contributed by atoms with Crippen molar-refractivity contribution in [2.45, 2.75) is 25.9 Å². The fraction of sp³-hybridized carbons (Fsp3) is 0.167. The number of benzene rings is 3. The largest absolute Gasteiger partial charge is 0.399 e. The fourth-order valence-corrected chi connectivity index (χ4v) is 3.12. The number of carbonyl (C=O) groups excluding carboxylic acids is 2. The number of hydrogen-bond donors (Lipinski definition) is 3. The molecule has 0 saturated carbocycles. The predicted octanol–water partition coefficient (Wildman–Crippen LogP) is 4.25. The third kappa shape index (κ3) is 5.23. The van der Waals surface area contributed by atoms with Gasteiger partial charge in [-0.3, -0.25) is 9.59 Å². The van der Waals surface area contributed by atoms with Crippen molar-refractivity contribution in [2.75, 3.05) is 5.73 Å². The standard InChI is InChI=1S/C24H25N3O2/c1-16(18-9-5-3-6-10-18)26-23(28)20-13-21(15-22(25)14-20)24(29)27-17(2)19-11-7-4-8-12-19/h3-17H,25H2,1-2H3,(H,26,28)(H,27,29)/t16-,17+. The summed E-state index contributed by atoms with van der Waals surface area (Å²) >= 11 is 0. The maximum Gasteiger partial charge on any atom is 0.251 e. The van der Waals surface area contributed by atoms with Gasteiger partial charge in [0.2, 0.25) is 0 Å². The van der Waals surface area contributed by atoms with Gasteiger partial charge in [-0.25, -0.2) is 0 Å². The van der Waals surface area contributed by atoms with Crippen LogP contribution >= 0.6 is 0 Å². The number of nitrogen functional groups attached to an aromatic ring is 1. The molecule has 0 fully saturated rings. The Bertz CT molecular complexity index is 910. The van der Waals surface area contributed by atoms with Crippen molar-refractivity contribution in [3.05, 3.63) is 101 Å². The van der Waals surface area contributed by atoms with E-state index in [2.05, 4.69) is 10.6 Å². The molecule has 0 saturated heterocycles. The van der Waals surface area contributed by atoms with Crippen LogP contribution in [0.1, 0.15) is 57.8 Å². The minimum atomic E-state index is -0.279. The van der Waals surface area contributed by atoms with Gasteiger partial charge in [0.1, 0.15) is 0 Å². The third-order valence-electron chi connectivity index (χ3n) is 4.77. The molecule has 29 heavy (non-hydrogen) atoms. The molecule has 0 aliphatic rings. The second-order valence-electron chi connectivity index (χ2n) is 7.06. The molecular weight excluding hydrogens is 362 g/mol. The smallest absolute Gasteiger partial charge is 0.251 e. The van der Waals surface area contributed by atoms with Crippen LogP contribution in [-0.2, 0) is 0 Å². The van der Waals surface area contributed by atoms with E-state index < -0.39 is 0 Å². The fourth-order valence-electron chi connectivity index (χ4n) is 3.12. The first-order valence-electron chi connectivity index (χ1n) is 9.56. The zero-order valence-corrected chi connectivity index (χ0v) is 16.6. The number of carbonyl (C=O) groups is 2. The van der Waals surface area contributed by atoms with Gasteiger partial charge in [0.05, 0.1) is 12.1 Å². The second-order valence-corrected chi connectivity index (χ2v) is 7.06. The zero-order chi connectivity index (χ0) is 20.8. The number of rotatable bonds is 6. The Balaban J connectivity index is 1.73. The van der Waals surface area contributed by atoms with E-state index in [9.17, 15) is 9.59 Å². The lowest BCUT2D eigenvalue weighted by Crippen LogP contribution is -2.29. The van der Waals surface area contributed by atoms with Crippen molar-refractivity contribution >= 4 is 17.5 Å². The molecule has 2 amide bonds. The molecule has 4 N–H and O–H groups in total. The first-order valence-corrected chi connectivity index (χ1v) is 9.56. The summed E-state index contributed by atoms with van der Waals surface area (Å²) in [5.74, 6) is -0.558. The molecule has 5 heteroatoms. The van der Waals surface area contributed by atoms with E-state index in [1.54, 1.807) is 18.2 Å². The van der Waals surface area contributed by atoms with Gasteiger partial charge in [0.15, 0.2) is 0 Å². The maximum atomic E-state index is 12.7. The van der Waals surface area contributed by atoms with Crippen molar-refractivity contribution in [2.24, 2.45) is 0 Å². The minimum Gasteiger partial charge on any atom is -0.399 e. The van der Waals surface area contributed by atoms with Gasteiger partial charge in [0, 0.05) is 16.8 Å². The summed E-state index contributed by atoms with van der Waals surface area (Å²) in [5.41, 5.74) is 9.03. The monoisotopic (exact) mass is 387 g/mol. The Labute approximate surface area is 170 Å². The summed E-state index contributed by atoms with van der Waals surface area (Å²) in [5, 5.41) is 5.89. The molecule has 3 aromatic carbocycles. The number of nitrogens with one attached hydrogen (secondary N) is 2. The molecule has 0 spiro atoms. The van der Waals surface area contributed by atoms with E-state index >= 15 is 0 Å². The predicted molar refractivity (Wildman–Crippen MR) is 116 cm³/mol. The summed E-state index contributed by atoms with van der Waals surface area (Å²) in [6.07, 6.45) is 0. The normalized spacial score (nSPS) is 12.6. The molecular formula is C24H25N3O2. The van der Waals surface area contributed by atoms with Gasteiger partial charge >= 0.3 is 0 Å². The van der Waals surface area contributed by atoms with E-state index in [1.807, 2.05) is 74.5 Å². The Morgan fingerprint density at radius 3 is 1.45 bits per heavy atom. The van der Waals surface area contributed by atoms with Crippen LogP contribution < -0.4 is 16.4 Å². The number of nitrogens with two attached hydrogens (primary N) is 1. The lowest BCUT2D eigenvalue weighted by atomic mass is 10.0. The molecule has 0 unspecified atom stereocenters. The van der Waals surface area contributed by atoms with Crippen LogP contribution in [0.4, 0.5) is 5.69 Å². The molecule has 3 rings (SSSR count). The quantitative estimate of drug-likeness (QED) is 0.553. The highest BCUT2D eigenvalue weighted by Crippen LogP contribution is 2.17. The van der Waals surface area contributed by atoms with E-state index in [0.29, 0.717) is 16.8 Å². The average molecular weight is 387 g/mol. The lowest BCUT2D eigenvalue weighted by Gasteiger charge is -2.16. The second kappa shape index (κ2) is 9.06. The summed E-state index contributed by atoms with van der Waals surface area (Å²) in [6, 6.07) is 23.7. The highest BCUT2D eigenvalue weighted by atomic mass is 16.2. The Kier molecular flexibility index (Phi) is 6.29. The van der Waals surface area contributed by atoms with Crippen LogP contribution in [0.15, 0.2) is 78.9 Å². The lowest BCUT2D eigenvalue weighted by molar-refractivity contribution is 0.0939. The summed E-state index contributed by atoms with van der Waals surface area (Å²) in [4.78, 5) is 25.4. The van der Waals surface area contributed by atoms with Crippen molar-refractivity contribution in [3.8, 4) is 0 Å². The van der Waals surface area contributed by atoms with Gasteiger partial charge in [-0.1, -0.05) is 60.7 Å². The molecule has 0 bridgehead atoms. The third-order valence-corrected chi connectivity index (χ3v) is 4.77. The maximum absolute atomic E-state index is 12.7. The molecule has 3 aromatic rings. The van der Waals surface area contributed by atoms with Gasteiger partial charge in [-0.15, -0.1) is 0 Å². The molecule has 148 valence electrons. The van der Waals surface area contributed by atoms with Crippen LogP contribution in [0.3, 0.4) is 0 Å². The number of anilines is 1. The van der Waals surface area contributed by atoms with Crippen LogP contribution in [0.5, 0.6) is 0 Å². The van der Waals surface area contributed by atoms with Crippen LogP contribution in [0, 0.1) is 0 Å². The van der Waals surface area contributed by atoms with Gasteiger partial charge < -0.3 is 16.4 Å². The molecule has 2 atom stereocenters. The van der Waals surface area contributed by atoms with Crippen molar-refractivity contribution in [1.29, 1.82) is 0 Å². The zero-order valence-electron chi connectivity index (χ0n) is 16.6. The molecule has 0 heterocycles. The SMILES string of the molecule is C[C@H](NC(=O)c1cc(N)cc(C(=O)N[C@H](C)c2ccccc2)c1)c1ccccc1. The summed E-state index contributed by atoms with van der Waals surface area (Å²) in [7, 11) is 0. The highest BCUT2D eigenvalue weighted by molar-refractivity contribution is 6.01. The Morgan fingerprint density at radius 2 is 1.07 bits per heavy atom. The van der Waals surface area contributed by atoms with E-state index in [0.717, 1.165) is 11.1 Å². The average Bonchev–Trinajstić information content (AvgIpc) is 2.74. The van der Waals surface area contributed by atoms with E-state index in [1.165, 1.54) is 0 Å². The molecule has 0 radical (unpaired) electrons. The Morgan fingerprint density at radius 1 is 0.690 bits per heavy atom. The molecule has 5 nitrogen and oxygen atoms in total. The van der Waals surface area contributed by atoms with Crippen LogP contribution in [-0.4, -0.2) is 11.8 Å². The van der Waals surface area contributed by atoms with Gasteiger partial charge in [-0.2, -0.15) is 0 Å². The van der Waals surface area contributed by atoms with Crippen molar-refractivity contribution in [1.82, 2.24) is 10.6 Å². The van der Waals surface area contributed by atoms with Gasteiger partial charge in [0.25, 0.3) is 11.8 Å². The summed E-state index contributed by atoms with van der Waals surface area (Å²) < 4.78 is 0. The minimum absolute atomic E-state index is 0.166. The number of amides is 2. The van der Waals surface area contributed by atoms with Crippen LogP contribution in [0.25, 0.3) is 0 Å². The summed E-state index contributed by atoms with van der Waals surface area (Å²) in [6.45, 7) is 3.82. The molecule has 0 aromatic heterocycles. The Hall–Kier alpha value is -3.60. The first kappa shape index (κ1) is 20.1. The topological polar surface area (TPSA) is 84.2 Å². The molecule has 0 aliphatic heterocycles. The van der Waals surface area contributed by atoms with Crippen LogP contribution in [0.2, 0.25) is 0 Å². The van der Waals surface area contributed by atoms with E-state index in [4.69, 9.17) is 5.73 Å². The van der Waals surface area contributed by atoms with Crippen molar-refractivity contribution in [3.63, 3.8) is 0 Å². The number of hydrogen-bond acceptors (Lipinski definition) is 3. The molecule has 0 aliphatic carbocycles. The van der Waals surface area contributed by atoms with Crippen molar-refractivity contribution < 1.29 is 9.59 Å². The first-order chi connectivity index (χ1) is 13.9. The van der Waals surface area contributed by atoms with Gasteiger partial charge in [-0.05, 0) is 43.2 Å².